The number of nitrogens with zero attached hydrogens (tertiary/aromatic N) is 3. The van der Waals surface area contributed by atoms with Gasteiger partial charge in [0, 0.05) is 5.54 Å². The molecule has 2 heterocycles. The maximum absolute atomic E-state index is 13.9. The number of benzene rings is 1. The zero-order valence-corrected chi connectivity index (χ0v) is 17.6. The van der Waals surface area contributed by atoms with Gasteiger partial charge in [0.05, 0.1) is 23.8 Å². The minimum absolute atomic E-state index is 0.00289. The van der Waals surface area contributed by atoms with Gasteiger partial charge in [-0.15, -0.1) is 0 Å². The molecular weight excluding hydrogens is 374 g/mol. The van der Waals surface area contributed by atoms with E-state index in [4.69, 9.17) is 4.42 Å². The maximum atomic E-state index is 13.9. The second kappa shape index (κ2) is 6.73. The normalized spacial score (nSPS) is 29.6. The fraction of sp³-hybridized carbons (Fsp3) is 0.520. The highest BCUT2D eigenvalue weighted by Crippen LogP contribution is 2.58. The summed E-state index contributed by atoms with van der Waals surface area (Å²) >= 11 is 0. The van der Waals surface area contributed by atoms with E-state index in [0.29, 0.717) is 13.1 Å². The van der Waals surface area contributed by atoms with Crippen molar-refractivity contribution >= 4 is 16.9 Å². The molecule has 4 saturated carbocycles. The first-order valence-corrected chi connectivity index (χ1v) is 11.3. The molecule has 0 unspecified atom stereocenters. The molecule has 156 valence electrons. The minimum atomic E-state index is 0.00289. The molecule has 7 rings (SSSR count). The van der Waals surface area contributed by atoms with Crippen LogP contribution in [0.1, 0.15) is 50.1 Å². The van der Waals surface area contributed by atoms with Crippen LogP contribution in [0.25, 0.3) is 11.0 Å². The smallest absolute Gasteiger partial charge is 0.243 e. The lowest BCUT2D eigenvalue weighted by molar-refractivity contribution is -0.153. The van der Waals surface area contributed by atoms with E-state index >= 15 is 0 Å². The summed E-state index contributed by atoms with van der Waals surface area (Å²) in [5.74, 6) is 4.34. The topological polar surface area (TPSA) is 51.3 Å². The summed E-state index contributed by atoms with van der Waals surface area (Å²) in [5.41, 5.74) is 1.99. The summed E-state index contributed by atoms with van der Waals surface area (Å²) in [7, 11) is 0. The van der Waals surface area contributed by atoms with Crippen molar-refractivity contribution in [3.05, 3.63) is 54.2 Å². The Labute approximate surface area is 177 Å². The van der Waals surface area contributed by atoms with E-state index in [1.54, 1.807) is 6.26 Å². The SMILES string of the molecule is Cc1nc2ccccc2n1CC(=O)N(Cc1ccco1)C12CC3CC(CC(C3)C1)C2. The van der Waals surface area contributed by atoms with Gasteiger partial charge in [-0.25, -0.2) is 4.98 Å². The van der Waals surface area contributed by atoms with Crippen LogP contribution in [0.5, 0.6) is 0 Å². The molecule has 0 atom stereocenters. The van der Waals surface area contributed by atoms with E-state index in [-0.39, 0.29) is 11.4 Å². The lowest BCUT2D eigenvalue weighted by Gasteiger charge is -2.60. The van der Waals surface area contributed by atoms with Gasteiger partial charge in [-0.1, -0.05) is 12.1 Å². The average Bonchev–Trinajstić information content (AvgIpc) is 3.33. The summed E-state index contributed by atoms with van der Waals surface area (Å²) in [6, 6.07) is 12.0. The van der Waals surface area contributed by atoms with Crippen LogP contribution in [0.2, 0.25) is 0 Å². The number of fused-ring (bicyclic) bond motifs is 1. The molecule has 2 aromatic heterocycles. The van der Waals surface area contributed by atoms with E-state index in [1.807, 2.05) is 37.3 Å². The van der Waals surface area contributed by atoms with Crippen molar-refractivity contribution in [2.45, 2.75) is 64.1 Å². The van der Waals surface area contributed by atoms with Gasteiger partial charge in [-0.3, -0.25) is 4.79 Å². The standard InChI is InChI=1S/C25H29N3O2/c1-17-26-22-6-2-3-7-23(22)27(17)16-24(29)28(15-21-5-4-8-30-21)25-12-18-9-19(13-25)11-20(10-18)14-25/h2-8,18-20H,9-16H2,1H3. The van der Waals surface area contributed by atoms with E-state index < -0.39 is 0 Å². The van der Waals surface area contributed by atoms with Crippen molar-refractivity contribution in [1.82, 2.24) is 14.5 Å². The number of carbonyl (C=O) groups excluding carboxylic acids is 1. The number of para-hydroxylation sites is 2. The van der Waals surface area contributed by atoms with Gasteiger partial charge >= 0.3 is 0 Å². The van der Waals surface area contributed by atoms with Crippen LogP contribution in [-0.2, 0) is 17.9 Å². The van der Waals surface area contributed by atoms with Gasteiger partial charge in [0.25, 0.3) is 0 Å². The Balaban J connectivity index is 1.36. The van der Waals surface area contributed by atoms with Gasteiger partial charge in [0.2, 0.25) is 5.91 Å². The number of rotatable bonds is 5. The summed E-state index contributed by atoms with van der Waals surface area (Å²) in [6.45, 7) is 2.91. The summed E-state index contributed by atoms with van der Waals surface area (Å²) in [4.78, 5) is 20.8. The number of carbonyl (C=O) groups is 1. The van der Waals surface area contributed by atoms with Crippen LogP contribution in [0.15, 0.2) is 47.1 Å². The highest BCUT2D eigenvalue weighted by atomic mass is 16.3. The van der Waals surface area contributed by atoms with E-state index in [9.17, 15) is 4.79 Å². The Bertz CT molecular complexity index is 1050. The Morgan fingerprint density at radius 3 is 2.47 bits per heavy atom. The predicted octanol–water partition coefficient (Wildman–Crippen LogP) is 4.94. The van der Waals surface area contributed by atoms with Crippen molar-refractivity contribution in [2.24, 2.45) is 17.8 Å². The van der Waals surface area contributed by atoms with Crippen molar-refractivity contribution in [3.63, 3.8) is 0 Å². The fourth-order valence-corrected chi connectivity index (χ4v) is 7.09. The lowest BCUT2D eigenvalue weighted by atomic mass is 9.52. The van der Waals surface area contributed by atoms with Gasteiger partial charge in [0.15, 0.2) is 0 Å². The van der Waals surface area contributed by atoms with Crippen LogP contribution in [0.3, 0.4) is 0 Å². The third-order valence-corrected chi connectivity index (χ3v) is 7.91. The molecule has 0 aliphatic heterocycles. The molecule has 1 aromatic carbocycles. The second-order valence-electron chi connectivity index (χ2n) is 9.94. The highest BCUT2D eigenvalue weighted by molar-refractivity contribution is 5.81. The van der Waals surface area contributed by atoms with Crippen LogP contribution >= 0.6 is 0 Å². The van der Waals surface area contributed by atoms with Gasteiger partial charge in [0.1, 0.15) is 18.1 Å². The molecule has 30 heavy (non-hydrogen) atoms. The number of amides is 1. The molecule has 1 amide bonds. The number of hydrogen-bond donors (Lipinski definition) is 0. The number of aromatic nitrogens is 2. The van der Waals surface area contributed by atoms with E-state index in [1.165, 1.54) is 19.3 Å². The maximum Gasteiger partial charge on any atom is 0.243 e. The van der Waals surface area contributed by atoms with Gasteiger partial charge < -0.3 is 13.9 Å². The summed E-state index contributed by atoms with van der Waals surface area (Å²) in [6.07, 6.45) is 9.30. The Kier molecular flexibility index (Phi) is 4.09. The number of aryl methyl sites for hydroxylation is 1. The van der Waals surface area contributed by atoms with Crippen LogP contribution in [0, 0.1) is 24.7 Å². The lowest BCUT2D eigenvalue weighted by Crippen LogP contribution is -2.61. The average molecular weight is 404 g/mol. The zero-order chi connectivity index (χ0) is 20.3. The molecule has 4 bridgehead atoms. The molecule has 5 heteroatoms. The van der Waals surface area contributed by atoms with Crippen LogP contribution in [0.4, 0.5) is 0 Å². The molecule has 5 nitrogen and oxygen atoms in total. The minimum Gasteiger partial charge on any atom is -0.467 e. The predicted molar refractivity (Wildman–Crippen MR) is 115 cm³/mol. The first-order valence-electron chi connectivity index (χ1n) is 11.3. The first-order chi connectivity index (χ1) is 14.6. The Morgan fingerprint density at radius 2 is 1.80 bits per heavy atom. The van der Waals surface area contributed by atoms with E-state index in [0.717, 1.165) is 59.6 Å². The molecule has 0 spiro atoms. The Hall–Kier alpha value is -2.56. The quantitative estimate of drug-likeness (QED) is 0.607. The largest absolute Gasteiger partial charge is 0.467 e. The number of hydrogen-bond acceptors (Lipinski definition) is 3. The van der Waals surface area contributed by atoms with Crippen molar-refractivity contribution in [2.75, 3.05) is 0 Å². The summed E-state index contributed by atoms with van der Waals surface area (Å²) in [5, 5.41) is 0. The Morgan fingerprint density at radius 1 is 1.10 bits per heavy atom. The van der Waals surface area contributed by atoms with Crippen LogP contribution < -0.4 is 0 Å². The number of furan rings is 1. The monoisotopic (exact) mass is 403 g/mol. The summed E-state index contributed by atoms with van der Waals surface area (Å²) < 4.78 is 7.77. The first kappa shape index (κ1) is 18.2. The molecule has 4 aliphatic rings. The number of imidazole rings is 1. The molecule has 3 aromatic rings. The highest BCUT2D eigenvalue weighted by Gasteiger charge is 2.54. The molecule has 4 fully saturated rings. The van der Waals surface area contributed by atoms with Crippen LogP contribution in [-0.4, -0.2) is 25.9 Å². The molecule has 0 radical (unpaired) electrons. The second-order valence-corrected chi connectivity index (χ2v) is 9.94. The van der Waals surface area contributed by atoms with Crippen molar-refractivity contribution in [3.8, 4) is 0 Å². The fourth-order valence-electron chi connectivity index (χ4n) is 7.09. The van der Waals surface area contributed by atoms with Gasteiger partial charge in [-0.2, -0.15) is 0 Å². The van der Waals surface area contributed by atoms with Gasteiger partial charge in [-0.05, 0) is 87.5 Å². The van der Waals surface area contributed by atoms with Crippen molar-refractivity contribution < 1.29 is 9.21 Å². The van der Waals surface area contributed by atoms with Crippen molar-refractivity contribution in [1.29, 1.82) is 0 Å². The zero-order valence-electron chi connectivity index (χ0n) is 17.6. The van der Waals surface area contributed by atoms with E-state index in [2.05, 4.69) is 20.5 Å². The molecule has 4 aliphatic carbocycles. The molecule has 0 saturated heterocycles. The third-order valence-electron chi connectivity index (χ3n) is 7.91. The molecule has 0 N–H and O–H groups in total. The third kappa shape index (κ3) is 2.90. The molecular formula is C25H29N3O2.